The Balaban J connectivity index is 2.21. The van der Waals surface area contributed by atoms with Crippen molar-refractivity contribution in [2.45, 2.75) is 142 Å². The van der Waals surface area contributed by atoms with Crippen LogP contribution in [-0.2, 0) is 9.59 Å². The van der Waals surface area contributed by atoms with E-state index >= 15 is 0 Å². The fraction of sp³-hybridized carbons (Fsp3) is 0.839. The molecule has 1 fully saturated rings. The zero-order valence-corrected chi connectivity index (χ0v) is 24.7. The van der Waals surface area contributed by atoms with Crippen molar-refractivity contribution in [2.75, 3.05) is 26.2 Å². The molecule has 1 rings (SSSR count). The van der Waals surface area contributed by atoms with Crippen LogP contribution >= 0.6 is 0 Å². The highest BCUT2D eigenvalue weighted by Gasteiger charge is 2.36. The lowest BCUT2D eigenvalue weighted by Gasteiger charge is -2.24. The first-order valence-electron chi connectivity index (χ1n) is 15.8. The second-order valence-electron chi connectivity index (χ2n) is 10.9. The van der Waals surface area contributed by atoms with Crippen LogP contribution in [0.1, 0.15) is 136 Å². The molecule has 0 saturated carbocycles. The normalized spacial score (nSPS) is 14.7. The first kappa shape index (κ1) is 34.1. The number of unbranched alkanes of at least 4 members (excludes halogenated alkanes) is 13. The minimum atomic E-state index is -0.223. The number of nitrogens with one attached hydrogen (secondary N) is 1. The molecule has 3 N–H and O–H groups in total. The van der Waals surface area contributed by atoms with Crippen molar-refractivity contribution in [3.63, 3.8) is 0 Å². The van der Waals surface area contributed by atoms with E-state index in [9.17, 15) is 14.4 Å². The average Bonchev–Trinajstić information content (AvgIpc) is 3.16. The second-order valence-corrected chi connectivity index (χ2v) is 10.9. The summed E-state index contributed by atoms with van der Waals surface area (Å²) < 4.78 is 0. The topological polar surface area (TPSA) is 95.7 Å². The van der Waals surface area contributed by atoms with Gasteiger partial charge in [0.15, 0.2) is 0 Å². The van der Waals surface area contributed by atoms with Gasteiger partial charge in [0.2, 0.25) is 11.8 Å². The number of carbonyl (C=O) groups is 3. The SMILES string of the molecule is CCCCCCCC/C=C/CCCCCCCC(=O)NC(CCCCN)CN1CC(=O)N(CCCC)C1=O. The van der Waals surface area contributed by atoms with E-state index in [2.05, 4.69) is 24.4 Å². The number of hydrogen-bond donors (Lipinski definition) is 2. The first-order valence-corrected chi connectivity index (χ1v) is 15.8. The van der Waals surface area contributed by atoms with Gasteiger partial charge in [0.05, 0.1) is 0 Å². The first-order chi connectivity index (χ1) is 18.5. The van der Waals surface area contributed by atoms with E-state index < -0.39 is 0 Å². The van der Waals surface area contributed by atoms with Gasteiger partial charge in [-0.05, 0) is 57.9 Å². The van der Waals surface area contributed by atoms with Gasteiger partial charge in [0.1, 0.15) is 6.54 Å². The smallest absolute Gasteiger partial charge is 0.327 e. The zero-order valence-electron chi connectivity index (χ0n) is 24.7. The summed E-state index contributed by atoms with van der Waals surface area (Å²) in [6.07, 6.45) is 25.6. The number of amides is 4. The minimum Gasteiger partial charge on any atom is -0.352 e. The van der Waals surface area contributed by atoms with Gasteiger partial charge in [-0.15, -0.1) is 0 Å². The summed E-state index contributed by atoms with van der Waals surface area (Å²) in [5.41, 5.74) is 5.65. The van der Waals surface area contributed by atoms with Crippen LogP contribution in [0, 0.1) is 0 Å². The molecule has 0 aromatic heterocycles. The molecule has 1 saturated heterocycles. The van der Waals surface area contributed by atoms with Crippen LogP contribution in [-0.4, -0.2) is 59.9 Å². The van der Waals surface area contributed by atoms with Crippen molar-refractivity contribution < 1.29 is 14.4 Å². The number of rotatable bonds is 25. The van der Waals surface area contributed by atoms with Gasteiger partial charge in [-0.1, -0.05) is 90.2 Å². The molecular formula is C31H58N4O3. The number of nitrogens with two attached hydrogens (primary N) is 1. The molecule has 0 bridgehead atoms. The Labute approximate surface area is 233 Å². The second kappa shape index (κ2) is 23.0. The molecule has 220 valence electrons. The van der Waals surface area contributed by atoms with Crippen LogP contribution in [0.5, 0.6) is 0 Å². The minimum absolute atomic E-state index is 0.0428. The molecule has 1 atom stereocenters. The molecule has 1 unspecified atom stereocenters. The molecule has 4 amide bonds. The number of imide groups is 1. The number of urea groups is 1. The molecule has 0 aromatic carbocycles. The lowest BCUT2D eigenvalue weighted by atomic mass is 10.1. The molecule has 1 aliphatic heterocycles. The summed E-state index contributed by atoms with van der Waals surface area (Å²) in [6, 6.07) is -0.362. The Hall–Kier alpha value is -1.89. The van der Waals surface area contributed by atoms with E-state index in [1.165, 1.54) is 62.7 Å². The van der Waals surface area contributed by atoms with Crippen molar-refractivity contribution >= 4 is 17.8 Å². The van der Waals surface area contributed by atoms with E-state index in [1.54, 1.807) is 4.90 Å². The molecule has 1 aliphatic rings. The standard InChI is InChI=1S/C31H58N4O3/c1-3-5-7-8-9-10-11-12-13-14-15-16-17-18-19-23-29(36)33-28(22-20-21-24-32)26-34-27-30(37)35(31(34)38)25-6-4-2/h12-13,28H,3-11,14-27,32H2,1-2H3,(H,33,36)/b13-12+. The van der Waals surface area contributed by atoms with E-state index in [-0.39, 0.29) is 30.4 Å². The van der Waals surface area contributed by atoms with Crippen molar-refractivity contribution in [3.8, 4) is 0 Å². The number of hydrogen-bond acceptors (Lipinski definition) is 4. The Bertz CT molecular complexity index is 668. The molecule has 0 spiro atoms. The summed E-state index contributed by atoms with van der Waals surface area (Å²) in [5, 5.41) is 3.13. The maximum Gasteiger partial charge on any atom is 0.327 e. The van der Waals surface area contributed by atoms with Crippen LogP contribution < -0.4 is 11.1 Å². The third-order valence-corrected chi connectivity index (χ3v) is 7.34. The van der Waals surface area contributed by atoms with Crippen molar-refractivity contribution in [1.29, 1.82) is 0 Å². The Kier molecular flexibility index (Phi) is 20.7. The molecule has 0 aromatic rings. The lowest BCUT2D eigenvalue weighted by Crippen LogP contribution is -2.45. The zero-order chi connectivity index (χ0) is 27.8. The largest absolute Gasteiger partial charge is 0.352 e. The highest BCUT2D eigenvalue weighted by Crippen LogP contribution is 2.15. The van der Waals surface area contributed by atoms with E-state index in [4.69, 9.17) is 5.73 Å². The van der Waals surface area contributed by atoms with Crippen LogP contribution in [0.25, 0.3) is 0 Å². The summed E-state index contributed by atoms with van der Waals surface area (Å²) >= 11 is 0. The maximum absolute atomic E-state index is 12.7. The van der Waals surface area contributed by atoms with Gasteiger partial charge in [0.25, 0.3) is 0 Å². The molecule has 1 heterocycles. The van der Waals surface area contributed by atoms with Crippen LogP contribution in [0.4, 0.5) is 4.79 Å². The fourth-order valence-corrected chi connectivity index (χ4v) is 4.94. The Morgan fingerprint density at radius 1 is 0.842 bits per heavy atom. The predicted molar refractivity (Wildman–Crippen MR) is 158 cm³/mol. The van der Waals surface area contributed by atoms with Gasteiger partial charge in [-0.2, -0.15) is 0 Å². The average molecular weight is 535 g/mol. The van der Waals surface area contributed by atoms with Crippen molar-refractivity contribution in [2.24, 2.45) is 5.73 Å². The molecule has 7 nitrogen and oxygen atoms in total. The van der Waals surface area contributed by atoms with E-state index in [0.29, 0.717) is 26.1 Å². The molecule has 7 heteroatoms. The highest BCUT2D eigenvalue weighted by molar-refractivity contribution is 6.02. The van der Waals surface area contributed by atoms with Crippen LogP contribution in [0.15, 0.2) is 12.2 Å². The number of nitrogens with zero attached hydrogens (tertiary/aromatic N) is 2. The molecule has 38 heavy (non-hydrogen) atoms. The van der Waals surface area contributed by atoms with Crippen LogP contribution in [0.2, 0.25) is 0 Å². The summed E-state index contributed by atoms with van der Waals surface area (Å²) in [4.78, 5) is 40.6. The monoisotopic (exact) mass is 534 g/mol. The van der Waals surface area contributed by atoms with Gasteiger partial charge in [0, 0.05) is 25.6 Å². The van der Waals surface area contributed by atoms with Gasteiger partial charge in [-0.3, -0.25) is 14.5 Å². The Morgan fingerprint density at radius 3 is 2.08 bits per heavy atom. The van der Waals surface area contributed by atoms with Gasteiger partial charge in [-0.25, -0.2) is 4.79 Å². The van der Waals surface area contributed by atoms with Crippen molar-refractivity contribution in [1.82, 2.24) is 15.1 Å². The Morgan fingerprint density at radius 2 is 1.45 bits per heavy atom. The summed E-state index contributed by atoms with van der Waals surface area (Å²) in [7, 11) is 0. The van der Waals surface area contributed by atoms with Gasteiger partial charge < -0.3 is 16.0 Å². The summed E-state index contributed by atoms with van der Waals surface area (Å²) in [5.74, 6) is -0.0926. The predicted octanol–water partition coefficient (Wildman–Crippen LogP) is 6.70. The maximum atomic E-state index is 12.7. The highest BCUT2D eigenvalue weighted by atomic mass is 16.2. The summed E-state index contributed by atoms with van der Waals surface area (Å²) in [6.45, 7) is 5.89. The van der Waals surface area contributed by atoms with Crippen molar-refractivity contribution in [3.05, 3.63) is 12.2 Å². The lowest BCUT2D eigenvalue weighted by molar-refractivity contribution is -0.125. The number of allylic oxidation sites excluding steroid dienone is 2. The molecule has 0 radical (unpaired) electrons. The quantitative estimate of drug-likeness (QED) is 0.0773. The third-order valence-electron chi connectivity index (χ3n) is 7.34. The molecule has 0 aliphatic carbocycles. The third kappa shape index (κ3) is 16.2. The number of carbonyl (C=O) groups excluding carboxylic acids is 3. The van der Waals surface area contributed by atoms with E-state index in [1.807, 2.05) is 6.92 Å². The fourth-order valence-electron chi connectivity index (χ4n) is 4.94. The van der Waals surface area contributed by atoms with Gasteiger partial charge >= 0.3 is 6.03 Å². The van der Waals surface area contributed by atoms with E-state index in [0.717, 1.165) is 57.8 Å². The molecular weight excluding hydrogens is 476 g/mol. The van der Waals surface area contributed by atoms with Crippen LogP contribution in [0.3, 0.4) is 0 Å².